The van der Waals surface area contributed by atoms with Crippen LogP contribution in [0.25, 0.3) is 12.2 Å². The van der Waals surface area contributed by atoms with Crippen molar-refractivity contribution in [3.05, 3.63) is 59.7 Å². The first-order valence-electron chi connectivity index (χ1n) is 10.0. The number of nitrogens with zero attached hydrogens (tertiary/aromatic N) is 1. The third-order valence-corrected chi connectivity index (χ3v) is 4.41. The van der Waals surface area contributed by atoms with Crippen molar-refractivity contribution in [2.24, 2.45) is 0 Å². The zero-order valence-corrected chi connectivity index (χ0v) is 17.0. The maximum atomic E-state index is 5.89. The van der Waals surface area contributed by atoms with Crippen molar-refractivity contribution in [2.75, 3.05) is 33.4 Å². The normalized spacial score (nSPS) is 11.3. The Labute approximate surface area is 164 Å². The third-order valence-electron chi connectivity index (χ3n) is 4.41. The Morgan fingerprint density at radius 3 is 2.19 bits per heavy atom. The quantitative estimate of drug-likeness (QED) is 0.352. The Kier molecular flexibility index (Phi) is 9.50. The Morgan fingerprint density at radius 1 is 0.815 bits per heavy atom. The summed E-state index contributed by atoms with van der Waals surface area (Å²) in [6.07, 6.45) is 7.69. The van der Waals surface area contributed by atoms with Gasteiger partial charge in [0.15, 0.2) is 0 Å². The average molecular weight is 368 g/mol. The molecular formula is C24H33NO2. The lowest BCUT2D eigenvalue weighted by Crippen LogP contribution is -2.27. The van der Waals surface area contributed by atoms with E-state index in [4.69, 9.17) is 9.47 Å². The summed E-state index contributed by atoms with van der Waals surface area (Å²) in [4.78, 5) is 2.52. The summed E-state index contributed by atoms with van der Waals surface area (Å²) in [7, 11) is 1.69. The summed E-state index contributed by atoms with van der Waals surface area (Å²) in [5.74, 6) is 1.81. The summed E-state index contributed by atoms with van der Waals surface area (Å²) in [6.45, 7) is 8.73. The van der Waals surface area contributed by atoms with Crippen LogP contribution in [0.5, 0.6) is 11.5 Å². The van der Waals surface area contributed by atoms with E-state index < -0.39 is 0 Å². The molecule has 0 aliphatic heterocycles. The van der Waals surface area contributed by atoms with Gasteiger partial charge in [0.05, 0.1) is 13.7 Å². The van der Waals surface area contributed by atoms with Gasteiger partial charge < -0.3 is 14.4 Å². The summed E-state index contributed by atoms with van der Waals surface area (Å²) >= 11 is 0. The van der Waals surface area contributed by atoms with Crippen LogP contribution in [0.3, 0.4) is 0 Å². The Hall–Kier alpha value is -2.26. The number of ether oxygens (including phenoxy) is 2. The van der Waals surface area contributed by atoms with E-state index in [1.165, 1.54) is 25.9 Å². The summed E-state index contributed by atoms with van der Waals surface area (Å²) in [6, 6.07) is 16.3. The summed E-state index contributed by atoms with van der Waals surface area (Å²) in [5, 5.41) is 0. The Balaban J connectivity index is 1.78. The van der Waals surface area contributed by atoms with E-state index in [1.807, 2.05) is 30.3 Å². The lowest BCUT2D eigenvalue weighted by Gasteiger charge is -2.20. The van der Waals surface area contributed by atoms with Crippen molar-refractivity contribution in [2.45, 2.75) is 33.1 Å². The van der Waals surface area contributed by atoms with Gasteiger partial charge >= 0.3 is 0 Å². The van der Waals surface area contributed by atoms with Crippen LogP contribution in [-0.4, -0.2) is 38.3 Å². The third kappa shape index (κ3) is 7.88. The van der Waals surface area contributed by atoms with Gasteiger partial charge in [-0.05, 0) is 67.7 Å². The summed E-state index contributed by atoms with van der Waals surface area (Å²) < 4.78 is 11.2. The van der Waals surface area contributed by atoms with Gasteiger partial charge in [0.1, 0.15) is 11.5 Å². The lowest BCUT2D eigenvalue weighted by atomic mass is 10.1. The minimum atomic E-state index is 0.767. The van der Waals surface area contributed by atoms with E-state index in [-0.39, 0.29) is 0 Å². The van der Waals surface area contributed by atoms with Gasteiger partial charge in [-0.1, -0.05) is 50.3 Å². The fourth-order valence-corrected chi connectivity index (χ4v) is 3.06. The number of hydrogen-bond donors (Lipinski definition) is 0. The molecule has 146 valence electrons. The number of hydrogen-bond acceptors (Lipinski definition) is 3. The zero-order valence-electron chi connectivity index (χ0n) is 17.0. The number of benzene rings is 2. The van der Waals surface area contributed by atoms with Crippen LogP contribution in [0.1, 0.15) is 44.2 Å². The topological polar surface area (TPSA) is 21.7 Å². The monoisotopic (exact) mass is 367 g/mol. The smallest absolute Gasteiger partial charge is 0.119 e. The van der Waals surface area contributed by atoms with Crippen molar-refractivity contribution in [3.8, 4) is 11.5 Å². The molecule has 3 nitrogen and oxygen atoms in total. The zero-order chi connectivity index (χ0) is 19.3. The molecule has 0 saturated heterocycles. The van der Waals surface area contributed by atoms with Crippen LogP contribution in [0.15, 0.2) is 48.5 Å². The second-order valence-corrected chi connectivity index (χ2v) is 6.72. The van der Waals surface area contributed by atoms with Gasteiger partial charge in [-0.25, -0.2) is 0 Å². The fraction of sp³-hybridized carbons (Fsp3) is 0.417. The first-order chi connectivity index (χ1) is 13.2. The number of rotatable bonds is 12. The van der Waals surface area contributed by atoms with E-state index in [1.54, 1.807) is 7.11 Å². The molecule has 0 heterocycles. The molecule has 2 rings (SSSR count). The molecule has 0 N–H and O–H groups in total. The molecule has 27 heavy (non-hydrogen) atoms. The van der Waals surface area contributed by atoms with E-state index in [2.05, 4.69) is 49.1 Å². The minimum Gasteiger partial charge on any atom is -0.497 e. The Morgan fingerprint density at radius 2 is 1.52 bits per heavy atom. The lowest BCUT2D eigenvalue weighted by molar-refractivity contribution is 0.234. The van der Waals surface area contributed by atoms with Crippen LogP contribution in [-0.2, 0) is 0 Å². The molecule has 0 fully saturated rings. The maximum absolute atomic E-state index is 5.89. The van der Waals surface area contributed by atoms with Crippen molar-refractivity contribution < 1.29 is 9.47 Å². The van der Waals surface area contributed by atoms with Crippen LogP contribution < -0.4 is 9.47 Å². The maximum Gasteiger partial charge on any atom is 0.119 e. The van der Waals surface area contributed by atoms with Gasteiger partial charge in [-0.3, -0.25) is 0 Å². The van der Waals surface area contributed by atoms with Crippen LogP contribution in [0, 0.1) is 0 Å². The van der Waals surface area contributed by atoms with Gasteiger partial charge in [0, 0.05) is 6.54 Å². The van der Waals surface area contributed by atoms with Crippen LogP contribution >= 0.6 is 0 Å². The van der Waals surface area contributed by atoms with Gasteiger partial charge in [0.2, 0.25) is 0 Å². The highest BCUT2D eigenvalue weighted by atomic mass is 16.5. The largest absolute Gasteiger partial charge is 0.497 e. The van der Waals surface area contributed by atoms with Crippen molar-refractivity contribution >= 4 is 12.2 Å². The molecule has 0 unspecified atom stereocenters. The SMILES string of the molecule is CCCN(CCC)CCCOc1ccc(/C=C/c2cccc(OC)c2)cc1. The van der Waals surface area contributed by atoms with Crippen molar-refractivity contribution in [1.29, 1.82) is 0 Å². The van der Waals surface area contributed by atoms with Crippen LogP contribution in [0.4, 0.5) is 0 Å². The number of methoxy groups -OCH3 is 1. The molecule has 0 spiro atoms. The van der Waals surface area contributed by atoms with Gasteiger partial charge in [-0.15, -0.1) is 0 Å². The predicted octanol–water partition coefficient (Wildman–Crippen LogP) is 5.76. The van der Waals surface area contributed by atoms with E-state index in [0.717, 1.165) is 42.2 Å². The second kappa shape index (κ2) is 12.2. The molecule has 0 aliphatic rings. The molecule has 0 atom stereocenters. The van der Waals surface area contributed by atoms with E-state index in [0.29, 0.717) is 0 Å². The second-order valence-electron chi connectivity index (χ2n) is 6.72. The molecule has 0 aliphatic carbocycles. The minimum absolute atomic E-state index is 0.767. The molecule has 0 bridgehead atoms. The molecule has 0 saturated carbocycles. The summed E-state index contributed by atoms with van der Waals surface area (Å²) in [5.41, 5.74) is 2.28. The average Bonchev–Trinajstić information content (AvgIpc) is 2.71. The first-order valence-corrected chi connectivity index (χ1v) is 10.0. The highest BCUT2D eigenvalue weighted by Crippen LogP contribution is 2.17. The molecule has 0 amide bonds. The molecule has 0 aromatic heterocycles. The highest BCUT2D eigenvalue weighted by molar-refractivity contribution is 5.70. The van der Waals surface area contributed by atoms with Gasteiger partial charge in [0.25, 0.3) is 0 Å². The van der Waals surface area contributed by atoms with Gasteiger partial charge in [-0.2, -0.15) is 0 Å². The first kappa shape index (κ1) is 21.0. The molecule has 3 heteroatoms. The van der Waals surface area contributed by atoms with E-state index >= 15 is 0 Å². The van der Waals surface area contributed by atoms with Crippen molar-refractivity contribution in [1.82, 2.24) is 4.90 Å². The van der Waals surface area contributed by atoms with Crippen molar-refractivity contribution in [3.63, 3.8) is 0 Å². The van der Waals surface area contributed by atoms with Crippen LogP contribution in [0.2, 0.25) is 0 Å². The molecular weight excluding hydrogens is 334 g/mol. The predicted molar refractivity (Wildman–Crippen MR) is 115 cm³/mol. The standard InChI is InChI=1S/C24H33NO2/c1-4-16-25(17-5-2)18-7-19-27-23-14-12-21(13-15-23)10-11-22-8-6-9-24(20-22)26-3/h6,8-15,20H,4-5,7,16-19H2,1-3H3/b11-10+. The highest BCUT2D eigenvalue weighted by Gasteiger charge is 2.02. The Bertz CT molecular complexity index is 673. The molecule has 0 radical (unpaired) electrons. The van der Waals surface area contributed by atoms with E-state index in [9.17, 15) is 0 Å². The fourth-order valence-electron chi connectivity index (χ4n) is 3.06. The molecule has 2 aromatic carbocycles. The molecule has 2 aromatic rings.